The number of ether oxygens (including phenoxy) is 1. The average Bonchev–Trinajstić information content (AvgIpc) is 2.38. The van der Waals surface area contributed by atoms with Crippen molar-refractivity contribution in [3.63, 3.8) is 0 Å². The fourth-order valence-corrected chi connectivity index (χ4v) is 2.33. The smallest absolute Gasteiger partial charge is 0.0587 e. The van der Waals surface area contributed by atoms with Gasteiger partial charge >= 0.3 is 0 Å². The second kappa shape index (κ2) is 6.77. The third-order valence-electron chi connectivity index (χ3n) is 3.49. The second-order valence-electron chi connectivity index (χ2n) is 4.88. The molecule has 0 amide bonds. The van der Waals surface area contributed by atoms with Gasteiger partial charge in [-0.2, -0.15) is 0 Å². The van der Waals surface area contributed by atoms with Crippen molar-refractivity contribution in [2.75, 3.05) is 13.2 Å². The van der Waals surface area contributed by atoms with Crippen LogP contribution in [-0.4, -0.2) is 19.3 Å². The zero-order valence-corrected chi connectivity index (χ0v) is 10.7. The molecular formula is C15H23NO. The van der Waals surface area contributed by atoms with Crippen molar-refractivity contribution in [3.05, 3.63) is 35.4 Å². The van der Waals surface area contributed by atoms with Crippen LogP contribution in [0.25, 0.3) is 0 Å². The molecule has 0 saturated carbocycles. The van der Waals surface area contributed by atoms with E-state index < -0.39 is 0 Å². The molecule has 1 aliphatic rings. The van der Waals surface area contributed by atoms with Gasteiger partial charge < -0.3 is 10.1 Å². The lowest BCUT2D eigenvalue weighted by Crippen LogP contribution is -2.25. The Balaban J connectivity index is 1.64. The third kappa shape index (κ3) is 4.14. The van der Waals surface area contributed by atoms with Gasteiger partial charge in [-0.15, -0.1) is 0 Å². The third-order valence-corrected chi connectivity index (χ3v) is 3.49. The predicted octanol–water partition coefficient (Wildman–Crippen LogP) is 3.04. The summed E-state index contributed by atoms with van der Waals surface area (Å²) in [7, 11) is 0. The topological polar surface area (TPSA) is 21.3 Å². The van der Waals surface area contributed by atoms with Crippen molar-refractivity contribution < 1.29 is 4.74 Å². The Labute approximate surface area is 104 Å². The van der Waals surface area contributed by atoms with E-state index in [1.54, 1.807) is 0 Å². The first kappa shape index (κ1) is 12.6. The van der Waals surface area contributed by atoms with Crippen molar-refractivity contribution in [1.29, 1.82) is 0 Å². The summed E-state index contributed by atoms with van der Waals surface area (Å²) >= 11 is 0. The first-order chi connectivity index (χ1) is 8.36. The molecule has 0 bridgehead atoms. The van der Waals surface area contributed by atoms with Gasteiger partial charge in [-0.05, 0) is 50.3 Å². The van der Waals surface area contributed by atoms with Crippen LogP contribution < -0.4 is 5.32 Å². The Morgan fingerprint density at radius 3 is 2.94 bits per heavy atom. The van der Waals surface area contributed by atoms with Crippen molar-refractivity contribution in [3.8, 4) is 0 Å². The van der Waals surface area contributed by atoms with Crippen LogP contribution >= 0.6 is 0 Å². The van der Waals surface area contributed by atoms with Gasteiger partial charge in [-0.1, -0.05) is 24.3 Å². The van der Waals surface area contributed by atoms with E-state index in [1.807, 2.05) is 0 Å². The van der Waals surface area contributed by atoms with Crippen molar-refractivity contribution in [1.82, 2.24) is 5.32 Å². The molecule has 0 radical (unpaired) electrons. The quantitative estimate of drug-likeness (QED) is 0.789. The zero-order chi connectivity index (χ0) is 11.9. The fourth-order valence-electron chi connectivity index (χ4n) is 2.33. The lowest BCUT2D eigenvalue weighted by molar-refractivity contribution is 0.0115. The van der Waals surface area contributed by atoms with Gasteiger partial charge in [0.2, 0.25) is 0 Å². The van der Waals surface area contributed by atoms with E-state index in [0.717, 1.165) is 26.1 Å². The summed E-state index contributed by atoms with van der Waals surface area (Å²) in [6.45, 7) is 5.15. The molecule has 0 aliphatic carbocycles. The first-order valence-electron chi connectivity index (χ1n) is 6.73. The minimum absolute atomic E-state index is 0.494. The molecule has 2 nitrogen and oxygen atoms in total. The molecule has 1 unspecified atom stereocenters. The molecule has 1 aliphatic heterocycles. The van der Waals surface area contributed by atoms with Gasteiger partial charge in [0.05, 0.1) is 6.10 Å². The fraction of sp³-hybridized carbons (Fsp3) is 0.600. The summed E-state index contributed by atoms with van der Waals surface area (Å²) in [5.74, 6) is 0. The van der Waals surface area contributed by atoms with Gasteiger partial charge in [-0.3, -0.25) is 0 Å². The van der Waals surface area contributed by atoms with E-state index in [2.05, 4.69) is 36.5 Å². The number of hydrogen-bond acceptors (Lipinski definition) is 2. The number of benzene rings is 1. The molecule has 1 atom stereocenters. The zero-order valence-electron chi connectivity index (χ0n) is 10.7. The number of aryl methyl sites for hydroxylation is 1. The van der Waals surface area contributed by atoms with E-state index in [1.165, 1.54) is 30.4 Å². The normalized spacial score (nSPS) is 20.4. The van der Waals surface area contributed by atoms with Crippen LogP contribution in [0.4, 0.5) is 0 Å². The van der Waals surface area contributed by atoms with E-state index >= 15 is 0 Å². The summed E-state index contributed by atoms with van der Waals surface area (Å²) < 4.78 is 5.71. The molecular weight excluding hydrogens is 210 g/mol. The molecule has 1 aromatic rings. The molecule has 17 heavy (non-hydrogen) atoms. The monoisotopic (exact) mass is 233 g/mol. The highest BCUT2D eigenvalue weighted by Crippen LogP contribution is 2.15. The summed E-state index contributed by atoms with van der Waals surface area (Å²) in [6, 6.07) is 8.56. The van der Waals surface area contributed by atoms with Crippen LogP contribution in [-0.2, 0) is 11.3 Å². The number of nitrogens with one attached hydrogen (secondary N) is 1. The van der Waals surface area contributed by atoms with Crippen molar-refractivity contribution in [2.24, 2.45) is 0 Å². The number of hydrogen-bond donors (Lipinski definition) is 1. The predicted molar refractivity (Wildman–Crippen MR) is 71.1 cm³/mol. The number of rotatable bonds is 5. The summed E-state index contributed by atoms with van der Waals surface area (Å²) in [5, 5.41) is 3.51. The Morgan fingerprint density at radius 1 is 1.29 bits per heavy atom. The lowest BCUT2D eigenvalue weighted by Gasteiger charge is -2.22. The van der Waals surface area contributed by atoms with Crippen molar-refractivity contribution >= 4 is 0 Å². The minimum atomic E-state index is 0.494. The van der Waals surface area contributed by atoms with E-state index in [0.29, 0.717) is 6.10 Å². The van der Waals surface area contributed by atoms with Crippen LogP contribution in [0.3, 0.4) is 0 Å². The molecule has 94 valence electrons. The summed E-state index contributed by atoms with van der Waals surface area (Å²) in [5.41, 5.74) is 2.77. The van der Waals surface area contributed by atoms with E-state index in [4.69, 9.17) is 4.74 Å². The van der Waals surface area contributed by atoms with Gasteiger partial charge in [0, 0.05) is 13.2 Å². The van der Waals surface area contributed by atoms with Gasteiger partial charge in [-0.25, -0.2) is 0 Å². The molecule has 1 heterocycles. The molecule has 2 rings (SSSR count). The average molecular weight is 233 g/mol. The first-order valence-corrected chi connectivity index (χ1v) is 6.73. The Bertz CT molecular complexity index is 331. The van der Waals surface area contributed by atoms with Crippen LogP contribution in [0.1, 0.15) is 36.8 Å². The molecule has 0 spiro atoms. The van der Waals surface area contributed by atoms with Crippen LogP contribution in [0, 0.1) is 6.92 Å². The highest BCUT2D eigenvalue weighted by atomic mass is 16.5. The Kier molecular flexibility index (Phi) is 5.02. The summed E-state index contributed by atoms with van der Waals surface area (Å²) in [6.07, 6.45) is 5.46. The van der Waals surface area contributed by atoms with Gasteiger partial charge in [0.15, 0.2) is 0 Å². The van der Waals surface area contributed by atoms with Crippen LogP contribution in [0.15, 0.2) is 24.3 Å². The second-order valence-corrected chi connectivity index (χ2v) is 4.88. The van der Waals surface area contributed by atoms with E-state index in [9.17, 15) is 0 Å². The standard InChI is InChI=1S/C15H23NO/c1-13-6-2-3-7-14(13)12-16-10-9-15-8-4-5-11-17-15/h2-3,6-7,15-16H,4-5,8-12H2,1H3. The Hall–Kier alpha value is -0.860. The molecule has 1 fully saturated rings. The van der Waals surface area contributed by atoms with Crippen molar-refractivity contribution in [2.45, 2.75) is 45.3 Å². The molecule has 0 aromatic heterocycles. The highest BCUT2D eigenvalue weighted by molar-refractivity contribution is 5.25. The van der Waals surface area contributed by atoms with Gasteiger partial charge in [0.1, 0.15) is 0 Å². The van der Waals surface area contributed by atoms with Crippen LogP contribution in [0.2, 0.25) is 0 Å². The maximum absolute atomic E-state index is 5.71. The maximum atomic E-state index is 5.71. The largest absolute Gasteiger partial charge is 0.378 e. The minimum Gasteiger partial charge on any atom is -0.378 e. The Morgan fingerprint density at radius 2 is 2.18 bits per heavy atom. The van der Waals surface area contributed by atoms with E-state index in [-0.39, 0.29) is 0 Å². The van der Waals surface area contributed by atoms with Crippen LogP contribution in [0.5, 0.6) is 0 Å². The molecule has 1 saturated heterocycles. The highest BCUT2D eigenvalue weighted by Gasteiger charge is 2.12. The lowest BCUT2D eigenvalue weighted by atomic mass is 10.1. The summed E-state index contributed by atoms with van der Waals surface area (Å²) in [4.78, 5) is 0. The SMILES string of the molecule is Cc1ccccc1CNCCC1CCCCO1. The maximum Gasteiger partial charge on any atom is 0.0587 e. The molecule has 1 N–H and O–H groups in total. The molecule has 1 aromatic carbocycles. The van der Waals surface area contributed by atoms with Gasteiger partial charge in [0.25, 0.3) is 0 Å². The molecule has 2 heteroatoms.